The number of carbonyl (C=O) groups excluding carboxylic acids is 1. The molecule has 0 bridgehead atoms. The summed E-state index contributed by atoms with van der Waals surface area (Å²) in [5.41, 5.74) is 3.16. The van der Waals surface area contributed by atoms with Crippen LogP contribution >= 0.6 is 0 Å². The van der Waals surface area contributed by atoms with Crippen LogP contribution in [0, 0.1) is 0 Å². The Morgan fingerprint density at radius 1 is 1.12 bits per heavy atom. The smallest absolute Gasteiger partial charge is 0.317 e. The second-order valence-corrected chi connectivity index (χ2v) is 6.14. The van der Waals surface area contributed by atoms with Gasteiger partial charge in [0.25, 0.3) is 0 Å². The Labute approximate surface area is 155 Å². The predicted molar refractivity (Wildman–Crippen MR) is 103 cm³/mol. The number of ether oxygens (including phenoxy) is 2. The fraction of sp³-hybridized carbons (Fsp3) is 0.381. The van der Waals surface area contributed by atoms with E-state index >= 15 is 0 Å². The molecule has 0 unspecified atom stereocenters. The molecule has 0 saturated heterocycles. The van der Waals surface area contributed by atoms with Crippen molar-refractivity contribution >= 4 is 6.03 Å². The molecule has 0 heterocycles. The van der Waals surface area contributed by atoms with Crippen LogP contribution in [-0.4, -0.2) is 31.7 Å². The van der Waals surface area contributed by atoms with E-state index in [0.29, 0.717) is 19.8 Å². The van der Waals surface area contributed by atoms with Crippen LogP contribution in [0.4, 0.5) is 4.79 Å². The highest BCUT2D eigenvalue weighted by molar-refractivity contribution is 5.74. The SMILES string of the molecule is CCOCc1ccc(CNC(=O)N(C)[C@H](C)c2ccccc2OC)cc1. The minimum absolute atomic E-state index is 0.0975. The molecule has 0 saturated carbocycles. The molecule has 5 nitrogen and oxygen atoms in total. The zero-order chi connectivity index (χ0) is 18.9. The van der Waals surface area contributed by atoms with Gasteiger partial charge in [0.05, 0.1) is 19.8 Å². The summed E-state index contributed by atoms with van der Waals surface area (Å²) in [5, 5.41) is 2.96. The summed E-state index contributed by atoms with van der Waals surface area (Å²) in [4.78, 5) is 14.2. The third-order valence-corrected chi connectivity index (χ3v) is 4.43. The van der Waals surface area contributed by atoms with Crippen molar-refractivity contribution in [3.8, 4) is 5.75 Å². The molecule has 0 fully saturated rings. The van der Waals surface area contributed by atoms with E-state index in [2.05, 4.69) is 5.32 Å². The number of nitrogens with one attached hydrogen (secondary N) is 1. The molecule has 1 N–H and O–H groups in total. The molecule has 26 heavy (non-hydrogen) atoms. The van der Waals surface area contributed by atoms with Crippen molar-refractivity contribution in [2.75, 3.05) is 20.8 Å². The fourth-order valence-corrected chi connectivity index (χ4v) is 2.67. The van der Waals surface area contributed by atoms with Crippen LogP contribution in [0.2, 0.25) is 0 Å². The highest BCUT2D eigenvalue weighted by Crippen LogP contribution is 2.28. The lowest BCUT2D eigenvalue weighted by Gasteiger charge is -2.26. The summed E-state index contributed by atoms with van der Waals surface area (Å²) >= 11 is 0. The Hall–Kier alpha value is -2.53. The van der Waals surface area contributed by atoms with E-state index < -0.39 is 0 Å². The number of hydrogen-bond acceptors (Lipinski definition) is 3. The van der Waals surface area contributed by atoms with Crippen LogP contribution in [0.5, 0.6) is 5.75 Å². The normalized spacial score (nSPS) is 11.7. The van der Waals surface area contributed by atoms with E-state index in [1.54, 1.807) is 19.1 Å². The van der Waals surface area contributed by atoms with Gasteiger partial charge in [-0.15, -0.1) is 0 Å². The average molecular weight is 356 g/mol. The highest BCUT2D eigenvalue weighted by atomic mass is 16.5. The summed E-state index contributed by atoms with van der Waals surface area (Å²) in [5.74, 6) is 0.782. The standard InChI is InChI=1S/C21H28N2O3/c1-5-26-15-18-12-10-17(11-13-18)14-22-21(24)23(3)16(2)19-8-6-7-9-20(19)25-4/h6-13,16H,5,14-15H2,1-4H3,(H,22,24)/t16-/m1/s1. The van der Waals surface area contributed by atoms with E-state index in [1.165, 1.54) is 0 Å². The zero-order valence-electron chi connectivity index (χ0n) is 16.0. The van der Waals surface area contributed by atoms with E-state index in [-0.39, 0.29) is 12.1 Å². The quantitative estimate of drug-likeness (QED) is 0.773. The van der Waals surface area contributed by atoms with E-state index in [9.17, 15) is 4.79 Å². The molecule has 140 valence electrons. The van der Waals surface area contributed by atoms with Crippen molar-refractivity contribution < 1.29 is 14.3 Å². The summed E-state index contributed by atoms with van der Waals surface area (Å²) in [6.07, 6.45) is 0. The Morgan fingerprint density at radius 3 is 2.42 bits per heavy atom. The van der Waals surface area contributed by atoms with Crippen LogP contribution in [0.3, 0.4) is 0 Å². The number of urea groups is 1. The number of methoxy groups -OCH3 is 1. The molecule has 2 aromatic rings. The molecular formula is C21H28N2O3. The number of amides is 2. The van der Waals surface area contributed by atoms with Crippen molar-refractivity contribution in [2.24, 2.45) is 0 Å². The van der Waals surface area contributed by atoms with Crippen molar-refractivity contribution in [2.45, 2.75) is 33.0 Å². The largest absolute Gasteiger partial charge is 0.496 e. The number of para-hydroxylation sites is 1. The Balaban J connectivity index is 1.92. The van der Waals surface area contributed by atoms with Gasteiger partial charge in [0.15, 0.2) is 0 Å². The molecule has 0 aliphatic heterocycles. The van der Waals surface area contributed by atoms with Gasteiger partial charge in [-0.25, -0.2) is 4.79 Å². The van der Waals surface area contributed by atoms with Gasteiger partial charge in [-0.1, -0.05) is 42.5 Å². The topological polar surface area (TPSA) is 50.8 Å². The Morgan fingerprint density at radius 2 is 1.77 bits per heavy atom. The van der Waals surface area contributed by atoms with Crippen molar-refractivity contribution in [3.05, 3.63) is 65.2 Å². The van der Waals surface area contributed by atoms with Crippen molar-refractivity contribution in [1.29, 1.82) is 0 Å². The number of benzene rings is 2. The summed E-state index contributed by atoms with van der Waals surface area (Å²) in [7, 11) is 3.43. The maximum atomic E-state index is 12.5. The van der Waals surface area contributed by atoms with Gasteiger partial charge in [-0.05, 0) is 31.0 Å². The molecule has 2 amide bonds. The first-order valence-electron chi connectivity index (χ1n) is 8.86. The second-order valence-electron chi connectivity index (χ2n) is 6.14. The lowest BCUT2D eigenvalue weighted by Crippen LogP contribution is -2.38. The van der Waals surface area contributed by atoms with Crippen LogP contribution in [-0.2, 0) is 17.9 Å². The number of hydrogen-bond donors (Lipinski definition) is 1. The lowest BCUT2D eigenvalue weighted by molar-refractivity contribution is 0.134. The first kappa shape index (κ1) is 19.8. The average Bonchev–Trinajstić information content (AvgIpc) is 2.70. The first-order chi connectivity index (χ1) is 12.6. The van der Waals surface area contributed by atoms with Crippen LogP contribution in [0.25, 0.3) is 0 Å². The van der Waals surface area contributed by atoms with Crippen LogP contribution < -0.4 is 10.1 Å². The second kappa shape index (κ2) is 9.82. The Kier molecular flexibility index (Phi) is 7.48. The van der Waals surface area contributed by atoms with Crippen LogP contribution in [0.15, 0.2) is 48.5 Å². The van der Waals surface area contributed by atoms with Gasteiger partial charge in [-0.3, -0.25) is 0 Å². The maximum Gasteiger partial charge on any atom is 0.317 e. The highest BCUT2D eigenvalue weighted by Gasteiger charge is 2.19. The van der Waals surface area contributed by atoms with Gasteiger partial charge in [0.1, 0.15) is 5.75 Å². The van der Waals surface area contributed by atoms with E-state index in [1.807, 2.05) is 62.4 Å². The van der Waals surface area contributed by atoms with Crippen LogP contribution in [0.1, 0.15) is 36.6 Å². The molecular weight excluding hydrogens is 328 g/mol. The predicted octanol–water partition coefficient (Wildman–Crippen LogP) is 4.13. The van der Waals surface area contributed by atoms with Gasteiger partial charge in [-0.2, -0.15) is 0 Å². The summed E-state index contributed by atoms with van der Waals surface area (Å²) in [6, 6.07) is 15.6. The van der Waals surface area contributed by atoms with Gasteiger partial charge >= 0.3 is 6.03 Å². The molecule has 0 spiro atoms. The lowest BCUT2D eigenvalue weighted by atomic mass is 10.1. The fourth-order valence-electron chi connectivity index (χ4n) is 2.67. The number of rotatable bonds is 8. The van der Waals surface area contributed by atoms with E-state index in [4.69, 9.17) is 9.47 Å². The summed E-state index contributed by atoms with van der Waals surface area (Å²) in [6.45, 7) is 5.76. The number of carbonyl (C=O) groups is 1. The molecule has 2 rings (SSSR count). The molecule has 2 aromatic carbocycles. The van der Waals surface area contributed by atoms with Crippen molar-refractivity contribution in [3.63, 3.8) is 0 Å². The minimum atomic E-state index is -0.123. The van der Waals surface area contributed by atoms with Crippen molar-refractivity contribution in [1.82, 2.24) is 10.2 Å². The Bertz CT molecular complexity index is 701. The molecule has 0 aliphatic carbocycles. The van der Waals surface area contributed by atoms with Gasteiger partial charge in [0, 0.05) is 25.8 Å². The molecule has 0 aliphatic rings. The van der Waals surface area contributed by atoms with E-state index in [0.717, 1.165) is 22.4 Å². The molecule has 0 radical (unpaired) electrons. The zero-order valence-corrected chi connectivity index (χ0v) is 16.0. The summed E-state index contributed by atoms with van der Waals surface area (Å²) < 4.78 is 10.8. The third-order valence-electron chi connectivity index (χ3n) is 4.43. The molecule has 0 aromatic heterocycles. The van der Waals surface area contributed by atoms with Gasteiger partial charge in [0.2, 0.25) is 0 Å². The monoisotopic (exact) mass is 356 g/mol. The first-order valence-corrected chi connectivity index (χ1v) is 8.86. The molecule has 5 heteroatoms. The third kappa shape index (κ3) is 5.23. The maximum absolute atomic E-state index is 12.5. The molecule has 1 atom stereocenters. The minimum Gasteiger partial charge on any atom is -0.496 e. The number of nitrogens with zero attached hydrogens (tertiary/aromatic N) is 1. The van der Waals surface area contributed by atoms with Gasteiger partial charge < -0.3 is 19.7 Å².